The Hall–Kier alpha value is -2.12. The maximum atomic E-state index is 6.56. The quantitative estimate of drug-likeness (QED) is 0.749. The molecule has 0 aliphatic carbocycles. The van der Waals surface area contributed by atoms with Gasteiger partial charge in [0.15, 0.2) is 0 Å². The van der Waals surface area contributed by atoms with Crippen LogP contribution in [0.3, 0.4) is 0 Å². The van der Waals surface area contributed by atoms with Crippen molar-refractivity contribution in [1.29, 1.82) is 0 Å². The van der Waals surface area contributed by atoms with E-state index in [-0.39, 0.29) is 5.54 Å². The molecule has 0 amide bonds. The Bertz CT molecular complexity index is 709. The van der Waals surface area contributed by atoms with Gasteiger partial charge in [-0.25, -0.2) is 0 Å². The Morgan fingerprint density at radius 1 is 0.800 bits per heavy atom. The molecule has 2 N–H and O–H groups in total. The van der Waals surface area contributed by atoms with Crippen molar-refractivity contribution in [2.24, 2.45) is 5.73 Å². The van der Waals surface area contributed by atoms with Gasteiger partial charge in [0, 0.05) is 5.54 Å². The summed E-state index contributed by atoms with van der Waals surface area (Å²) in [6.45, 7) is 2.10. The summed E-state index contributed by atoms with van der Waals surface area (Å²) in [6, 6.07) is 25.2. The summed E-state index contributed by atoms with van der Waals surface area (Å²) in [7, 11) is 0. The predicted molar refractivity (Wildman–Crippen MR) is 85.6 cm³/mol. The average molecular weight is 261 g/mol. The Morgan fingerprint density at radius 2 is 1.45 bits per heavy atom. The number of hydrogen-bond acceptors (Lipinski definition) is 1. The highest BCUT2D eigenvalue weighted by atomic mass is 14.7. The molecule has 3 aromatic rings. The van der Waals surface area contributed by atoms with Crippen LogP contribution in [0.2, 0.25) is 0 Å². The molecule has 20 heavy (non-hydrogen) atoms. The molecule has 0 radical (unpaired) electrons. The van der Waals surface area contributed by atoms with Crippen LogP contribution in [0.25, 0.3) is 10.8 Å². The van der Waals surface area contributed by atoms with Gasteiger partial charge < -0.3 is 5.73 Å². The summed E-state index contributed by atoms with van der Waals surface area (Å²) in [5.41, 5.74) is 8.68. The van der Waals surface area contributed by atoms with Gasteiger partial charge >= 0.3 is 0 Å². The molecule has 0 aromatic heterocycles. The van der Waals surface area contributed by atoms with Gasteiger partial charge in [0.2, 0.25) is 0 Å². The highest BCUT2D eigenvalue weighted by molar-refractivity contribution is 5.85. The molecule has 3 rings (SSSR count). The molecule has 0 heterocycles. The first-order valence-corrected chi connectivity index (χ1v) is 6.98. The fraction of sp³-hybridized carbons (Fsp3) is 0.158. The Morgan fingerprint density at radius 3 is 2.25 bits per heavy atom. The van der Waals surface area contributed by atoms with Crippen molar-refractivity contribution >= 4 is 10.8 Å². The summed E-state index contributed by atoms with van der Waals surface area (Å²) in [5.74, 6) is 0. The third kappa shape index (κ3) is 2.45. The van der Waals surface area contributed by atoms with E-state index < -0.39 is 0 Å². The third-order valence-electron chi connectivity index (χ3n) is 3.87. The molecule has 0 saturated heterocycles. The first-order valence-electron chi connectivity index (χ1n) is 6.98. The largest absolute Gasteiger partial charge is 0.321 e. The molecule has 0 aliphatic heterocycles. The van der Waals surface area contributed by atoms with Gasteiger partial charge in [0.1, 0.15) is 0 Å². The number of nitrogens with two attached hydrogens (primary N) is 1. The molecule has 0 bridgehead atoms. The fourth-order valence-electron chi connectivity index (χ4n) is 2.76. The lowest BCUT2D eigenvalue weighted by Crippen LogP contribution is -2.35. The van der Waals surface area contributed by atoms with Crippen molar-refractivity contribution in [1.82, 2.24) is 0 Å². The smallest absolute Gasteiger partial charge is 0.0422 e. The summed E-state index contributed by atoms with van der Waals surface area (Å²) in [4.78, 5) is 0. The minimum absolute atomic E-state index is 0.356. The fourth-order valence-corrected chi connectivity index (χ4v) is 2.76. The van der Waals surface area contributed by atoms with Crippen LogP contribution in [-0.4, -0.2) is 0 Å². The second-order valence-electron chi connectivity index (χ2n) is 5.60. The summed E-state index contributed by atoms with van der Waals surface area (Å²) in [6.07, 6.45) is 0.832. The van der Waals surface area contributed by atoms with Gasteiger partial charge in [-0.2, -0.15) is 0 Å². The van der Waals surface area contributed by atoms with Crippen molar-refractivity contribution in [3.8, 4) is 0 Å². The molecule has 1 heteroatoms. The lowest BCUT2D eigenvalue weighted by molar-refractivity contribution is 0.493. The normalized spacial score (nSPS) is 14.1. The molecule has 0 spiro atoms. The van der Waals surface area contributed by atoms with Crippen LogP contribution in [0.5, 0.6) is 0 Å². The summed E-state index contributed by atoms with van der Waals surface area (Å²) < 4.78 is 0. The molecule has 1 atom stereocenters. The molecule has 1 unspecified atom stereocenters. The van der Waals surface area contributed by atoms with Crippen LogP contribution < -0.4 is 5.73 Å². The zero-order valence-electron chi connectivity index (χ0n) is 11.7. The topological polar surface area (TPSA) is 26.0 Å². The lowest BCUT2D eigenvalue weighted by atomic mass is 9.85. The highest BCUT2D eigenvalue weighted by Gasteiger charge is 2.22. The van der Waals surface area contributed by atoms with E-state index in [1.54, 1.807) is 0 Å². The van der Waals surface area contributed by atoms with Crippen molar-refractivity contribution in [3.05, 3.63) is 83.9 Å². The summed E-state index contributed by atoms with van der Waals surface area (Å²) >= 11 is 0. The van der Waals surface area contributed by atoms with E-state index in [2.05, 4.69) is 61.5 Å². The van der Waals surface area contributed by atoms with E-state index in [4.69, 9.17) is 5.73 Å². The maximum Gasteiger partial charge on any atom is 0.0422 e. The minimum atomic E-state index is -0.356. The predicted octanol–water partition coefficient (Wildman–Crippen LogP) is 4.26. The van der Waals surface area contributed by atoms with Crippen LogP contribution in [0.4, 0.5) is 0 Å². The van der Waals surface area contributed by atoms with Crippen molar-refractivity contribution in [3.63, 3.8) is 0 Å². The highest BCUT2D eigenvalue weighted by Crippen LogP contribution is 2.27. The molecule has 100 valence electrons. The van der Waals surface area contributed by atoms with E-state index in [0.717, 1.165) is 6.42 Å². The van der Waals surface area contributed by atoms with Gasteiger partial charge in [-0.1, -0.05) is 72.8 Å². The molecule has 0 saturated carbocycles. The molecular formula is C19H19N. The second kappa shape index (κ2) is 5.10. The first-order chi connectivity index (χ1) is 9.67. The van der Waals surface area contributed by atoms with Crippen LogP contribution in [0, 0.1) is 0 Å². The Kier molecular flexibility index (Phi) is 3.29. The van der Waals surface area contributed by atoms with Gasteiger partial charge in [-0.3, -0.25) is 0 Å². The monoisotopic (exact) mass is 261 g/mol. The number of fused-ring (bicyclic) bond motifs is 1. The van der Waals surface area contributed by atoms with Crippen LogP contribution >= 0.6 is 0 Å². The number of rotatable bonds is 3. The first kappa shape index (κ1) is 12.9. The SMILES string of the molecule is CC(N)(Cc1cccc2ccccc12)c1ccccc1. The molecule has 0 fully saturated rings. The lowest BCUT2D eigenvalue weighted by Gasteiger charge is -2.26. The van der Waals surface area contributed by atoms with E-state index in [9.17, 15) is 0 Å². The van der Waals surface area contributed by atoms with E-state index in [1.165, 1.54) is 21.9 Å². The second-order valence-corrected chi connectivity index (χ2v) is 5.60. The van der Waals surface area contributed by atoms with Crippen molar-refractivity contribution in [2.45, 2.75) is 18.9 Å². The van der Waals surface area contributed by atoms with Gasteiger partial charge in [0.25, 0.3) is 0 Å². The molecule has 3 aromatic carbocycles. The summed E-state index contributed by atoms with van der Waals surface area (Å²) in [5, 5.41) is 2.57. The van der Waals surface area contributed by atoms with Gasteiger partial charge in [-0.15, -0.1) is 0 Å². The van der Waals surface area contributed by atoms with Crippen LogP contribution in [-0.2, 0) is 12.0 Å². The molecule has 0 aliphatic rings. The zero-order chi connectivity index (χ0) is 14.0. The van der Waals surface area contributed by atoms with Crippen LogP contribution in [0.1, 0.15) is 18.1 Å². The van der Waals surface area contributed by atoms with E-state index >= 15 is 0 Å². The maximum absolute atomic E-state index is 6.56. The molecular weight excluding hydrogens is 242 g/mol. The zero-order valence-corrected chi connectivity index (χ0v) is 11.7. The Balaban J connectivity index is 2.01. The van der Waals surface area contributed by atoms with Crippen molar-refractivity contribution < 1.29 is 0 Å². The van der Waals surface area contributed by atoms with E-state index in [1.807, 2.05) is 18.2 Å². The number of benzene rings is 3. The van der Waals surface area contributed by atoms with Crippen LogP contribution in [0.15, 0.2) is 72.8 Å². The third-order valence-corrected chi connectivity index (χ3v) is 3.87. The van der Waals surface area contributed by atoms with Gasteiger partial charge in [0.05, 0.1) is 0 Å². The van der Waals surface area contributed by atoms with E-state index in [0.29, 0.717) is 0 Å². The standard InChI is InChI=1S/C19H19N/c1-19(20,17-11-3-2-4-12-17)14-16-10-7-9-15-8-5-6-13-18(15)16/h2-13H,14,20H2,1H3. The average Bonchev–Trinajstić information content (AvgIpc) is 2.48. The molecule has 1 nitrogen and oxygen atoms in total. The van der Waals surface area contributed by atoms with Gasteiger partial charge in [-0.05, 0) is 35.2 Å². The van der Waals surface area contributed by atoms with Crippen molar-refractivity contribution in [2.75, 3.05) is 0 Å². The number of hydrogen-bond donors (Lipinski definition) is 1. The minimum Gasteiger partial charge on any atom is -0.321 e. The Labute approximate surface area is 120 Å².